The number of fused-ring (bicyclic) bond motifs is 2. The van der Waals surface area contributed by atoms with Crippen molar-refractivity contribution in [2.24, 2.45) is 18.9 Å². The monoisotopic (exact) mass is 871 g/mol. The van der Waals surface area contributed by atoms with Gasteiger partial charge in [-0.1, -0.05) is 23.6 Å². The topological polar surface area (TPSA) is 162 Å². The molecule has 5 N–H and O–H groups in total. The Morgan fingerprint density at radius 3 is 2.36 bits per heavy atom. The number of benzene rings is 2. The van der Waals surface area contributed by atoms with Gasteiger partial charge in [0, 0.05) is 35.7 Å². The number of alkyl halides is 6. The molecule has 3 atom stereocenters. The van der Waals surface area contributed by atoms with E-state index in [9.17, 15) is 44.7 Å². The van der Waals surface area contributed by atoms with Crippen LogP contribution >= 0.6 is 11.6 Å². The molecule has 0 bridgehead atoms. The van der Waals surface area contributed by atoms with Crippen LogP contribution in [0.5, 0.6) is 0 Å². The summed E-state index contributed by atoms with van der Waals surface area (Å²) in [6.07, 6.45) is -2.80. The molecule has 2 heterocycles. The van der Waals surface area contributed by atoms with Crippen LogP contribution in [0.25, 0.3) is 22.0 Å². The van der Waals surface area contributed by atoms with Crippen molar-refractivity contribution in [3.63, 3.8) is 0 Å². The highest BCUT2D eigenvalue weighted by Crippen LogP contribution is 2.58. The number of aliphatic hydroxyl groups is 1. The Kier molecular flexibility index (Phi) is 12.1. The van der Waals surface area contributed by atoms with Crippen LogP contribution in [-0.4, -0.2) is 84.0 Å². The van der Waals surface area contributed by atoms with Crippen molar-refractivity contribution >= 4 is 50.0 Å². The fourth-order valence-electron chi connectivity index (χ4n) is 7.25. The number of aromatic nitrogens is 3. The van der Waals surface area contributed by atoms with E-state index in [1.165, 1.54) is 36.0 Å². The molecular weight excluding hydrogens is 838 g/mol. The Morgan fingerprint density at radius 2 is 1.76 bits per heavy atom. The van der Waals surface area contributed by atoms with E-state index in [0.29, 0.717) is 6.07 Å². The maximum absolute atomic E-state index is 15.5. The molecule has 59 heavy (non-hydrogen) atoms. The number of nitrogens with zero attached hydrogens (tertiary/aromatic N) is 3. The van der Waals surface area contributed by atoms with Gasteiger partial charge < -0.3 is 15.7 Å². The van der Waals surface area contributed by atoms with E-state index in [4.69, 9.17) is 17.0 Å². The van der Waals surface area contributed by atoms with Crippen LogP contribution < -0.4 is 15.4 Å². The smallest absolute Gasteiger partial charge is 0.290 e. The minimum absolute atomic E-state index is 0.00348. The first-order valence-corrected chi connectivity index (χ1v) is 19.9. The average Bonchev–Trinajstić information content (AvgIpc) is 3.53. The highest BCUT2D eigenvalue weighted by molar-refractivity contribution is 7.92. The molecule has 1 saturated carbocycles. The number of anilines is 1. The van der Waals surface area contributed by atoms with Crippen molar-refractivity contribution in [1.29, 1.82) is 5.41 Å². The molecule has 314 valence electrons. The largest absolute Gasteiger partial charge is 0.374 e. The van der Waals surface area contributed by atoms with Gasteiger partial charge >= 0.3 is 0 Å². The van der Waals surface area contributed by atoms with Gasteiger partial charge in [0.15, 0.2) is 11.4 Å². The minimum Gasteiger partial charge on any atom is -0.374 e. The molecule has 0 unspecified atom stereocenters. The fourth-order valence-corrected chi connectivity index (χ4v) is 7.99. The SMILES string of the molecule is Cn1nc(NS(C)(=O)=O)c2c(Cl)ccc(-c3ccc(C#CC(O)(CF)CF)nc3[C@H](Cc3cc(F)cc(F)c3)NC(=O)CNC3=C(C(=N)C(F)F)[C@H]4CC[C@H]4C3(F)F)c21. The van der Waals surface area contributed by atoms with E-state index in [2.05, 4.69) is 37.3 Å². The molecule has 0 radical (unpaired) electrons. The number of hydrogen-bond donors (Lipinski definition) is 5. The molecule has 4 aromatic rings. The average molecular weight is 872 g/mol. The second kappa shape index (κ2) is 16.4. The molecule has 0 saturated heterocycles. The molecule has 11 nitrogen and oxygen atoms in total. The van der Waals surface area contributed by atoms with Crippen molar-refractivity contribution in [2.75, 3.05) is 30.9 Å². The zero-order chi connectivity index (χ0) is 43.2. The van der Waals surface area contributed by atoms with Crippen LogP contribution in [0.4, 0.5) is 40.9 Å². The third-order valence-electron chi connectivity index (χ3n) is 9.97. The second-order valence-corrected chi connectivity index (χ2v) is 16.4. The number of pyridine rings is 1. The summed E-state index contributed by atoms with van der Waals surface area (Å²) in [6, 6.07) is 6.57. The summed E-state index contributed by atoms with van der Waals surface area (Å²) < 4.78 is 142. The molecule has 2 aliphatic carbocycles. The molecule has 0 aliphatic heterocycles. The van der Waals surface area contributed by atoms with Gasteiger partial charge in [-0.25, -0.2) is 39.7 Å². The van der Waals surface area contributed by atoms with Crippen LogP contribution in [0.15, 0.2) is 53.7 Å². The second-order valence-electron chi connectivity index (χ2n) is 14.2. The molecule has 6 rings (SSSR count). The first-order chi connectivity index (χ1) is 27.7. The zero-order valence-electron chi connectivity index (χ0n) is 30.9. The van der Waals surface area contributed by atoms with Crippen molar-refractivity contribution in [3.05, 3.63) is 87.3 Å². The Bertz CT molecular complexity index is 2530. The van der Waals surface area contributed by atoms with E-state index in [1.54, 1.807) is 0 Å². The zero-order valence-corrected chi connectivity index (χ0v) is 32.5. The standard InChI is InChI=1S/C38H34ClF8N7O4S/c1-54-33-23(6-8-26(39)30(33)36(52-54)53-59(2,57)58)22-4-3-21(9-10-37(56,16-40)17-41)50-32(22)27(13-18-11-19(42)14-20(43)12-18)51-28(55)15-49-34-29(31(48)35(44)45)24-5-7-25(24)38(34,46)47/h3-4,6,8,11-12,14,24-25,27,35,48-49,56H,5,7,13,15-17H2,1-2H3,(H,51,55)(H,52,53)/t24-,25+,27-/m0/s1. The van der Waals surface area contributed by atoms with Gasteiger partial charge in [0.25, 0.3) is 12.3 Å². The summed E-state index contributed by atoms with van der Waals surface area (Å²) in [4.78, 5) is 18.3. The van der Waals surface area contributed by atoms with Gasteiger partial charge in [-0.2, -0.15) is 13.9 Å². The molecule has 2 aromatic carbocycles. The van der Waals surface area contributed by atoms with Crippen molar-refractivity contribution < 1.29 is 53.4 Å². The molecule has 21 heteroatoms. The number of carbonyl (C=O) groups excluding carboxylic acids is 1. The molecule has 1 fully saturated rings. The summed E-state index contributed by atoms with van der Waals surface area (Å²) in [6.45, 7) is -4.15. The predicted molar refractivity (Wildman–Crippen MR) is 202 cm³/mol. The van der Waals surface area contributed by atoms with E-state index < -0.39 is 107 Å². The lowest BCUT2D eigenvalue weighted by atomic mass is 9.71. The first kappa shape index (κ1) is 43.3. The lowest BCUT2D eigenvalue weighted by Gasteiger charge is -2.35. The van der Waals surface area contributed by atoms with E-state index in [1.807, 2.05) is 0 Å². The summed E-state index contributed by atoms with van der Waals surface area (Å²) in [5, 5.41) is 27.3. The van der Waals surface area contributed by atoms with Crippen LogP contribution in [0.3, 0.4) is 0 Å². The van der Waals surface area contributed by atoms with Crippen LogP contribution in [0, 0.1) is 40.7 Å². The maximum Gasteiger partial charge on any atom is 0.290 e. The molecule has 2 aromatic heterocycles. The number of aryl methyl sites for hydroxylation is 1. The molecule has 1 amide bonds. The quantitative estimate of drug-likeness (QED) is 0.0576. The van der Waals surface area contributed by atoms with Crippen LogP contribution in [-0.2, 0) is 28.3 Å². The summed E-state index contributed by atoms with van der Waals surface area (Å²) in [5.41, 5.74) is -5.45. The molecule has 0 spiro atoms. The van der Waals surface area contributed by atoms with Crippen molar-refractivity contribution in [2.45, 2.75) is 43.3 Å². The Morgan fingerprint density at radius 1 is 1.10 bits per heavy atom. The predicted octanol–water partition coefficient (Wildman–Crippen LogP) is 6.16. The van der Waals surface area contributed by atoms with Crippen molar-refractivity contribution in [3.8, 4) is 23.0 Å². The number of rotatable bonds is 14. The summed E-state index contributed by atoms with van der Waals surface area (Å²) in [7, 11) is -2.43. The normalized spacial score (nSPS) is 17.9. The summed E-state index contributed by atoms with van der Waals surface area (Å²) >= 11 is 6.53. The highest BCUT2D eigenvalue weighted by Gasteiger charge is 2.61. The molecular formula is C38H34ClF8N7O4S. The van der Waals surface area contributed by atoms with Gasteiger partial charge in [0.2, 0.25) is 15.9 Å². The minimum atomic E-state index is -3.89. The summed E-state index contributed by atoms with van der Waals surface area (Å²) in [5.74, 6) is -4.83. The Hall–Kier alpha value is -5.26. The first-order valence-electron chi connectivity index (χ1n) is 17.7. The number of halogens is 9. The fraction of sp³-hybridized carbons (Fsp3) is 0.368. The Balaban J connectivity index is 1.50. The number of nitrogens with one attached hydrogen (secondary N) is 4. The number of carbonyl (C=O) groups is 1. The van der Waals surface area contributed by atoms with Gasteiger partial charge in [-0.15, -0.1) is 0 Å². The molecule has 2 aliphatic rings. The van der Waals surface area contributed by atoms with E-state index >= 15 is 8.78 Å². The van der Waals surface area contributed by atoms with E-state index in [-0.39, 0.29) is 62.7 Å². The number of amides is 1. The maximum atomic E-state index is 15.5. The van der Waals surface area contributed by atoms with Crippen LogP contribution in [0.1, 0.15) is 35.8 Å². The van der Waals surface area contributed by atoms with Gasteiger partial charge in [-0.05, 0) is 67.0 Å². The lowest BCUT2D eigenvalue weighted by molar-refractivity contribution is -0.121. The van der Waals surface area contributed by atoms with Gasteiger partial charge in [0.05, 0.1) is 46.2 Å². The van der Waals surface area contributed by atoms with Crippen molar-refractivity contribution in [1.82, 2.24) is 25.4 Å². The van der Waals surface area contributed by atoms with Gasteiger partial charge in [0.1, 0.15) is 36.4 Å². The Labute approximate surface area is 336 Å². The van der Waals surface area contributed by atoms with E-state index in [0.717, 1.165) is 18.4 Å². The van der Waals surface area contributed by atoms with Gasteiger partial charge in [-0.3, -0.25) is 19.6 Å². The third kappa shape index (κ3) is 8.87. The highest BCUT2D eigenvalue weighted by atomic mass is 35.5. The lowest BCUT2D eigenvalue weighted by Crippen LogP contribution is -2.42. The van der Waals surface area contributed by atoms with Crippen LogP contribution in [0.2, 0.25) is 5.02 Å². The number of allylic oxidation sites excluding steroid dienone is 2. The number of sulfonamides is 1. The third-order valence-corrected chi connectivity index (χ3v) is 10.9. The number of hydrogen-bond acceptors (Lipinski definition) is 8.